The van der Waals surface area contributed by atoms with Crippen molar-refractivity contribution >= 4 is 23.6 Å². The van der Waals surface area contributed by atoms with Gasteiger partial charge in [-0.2, -0.15) is 0 Å². The third-order valence-corrected chi connectivity index (χ3v) is 2.38. The summed E-state index contributed by atoms with van der Waals surface area (Å²) in [5.74, 6) is -0.220. The highest BCUT2D eigenvalue weighted by Crippen LogP contribution is 2.18. The van der Waals surface area contributed by atoms with Crippen molar-refractivity contribution in [2.45, 2.75) is 20.3 Å². The monoisotopic (exact) mass is 238 g/mol. The molecule has 0 aromatic heterocycles. The summed E-state index contributed by atoms with van der Waals surface area (Å²) in [6.07, 6.45) is 3.88. The number of carbonyl (C=O) groups excluding carboxylic acids is 1. The van der Waals surface area contributed by atoms with E-state index in [0.29, 0.717) is 11.6 Å². The van der Waals surface area contributed by atoms with Gasteiger partial charge < -0.3 is 4.74 Å². The van der Waals surface area contributed by atoms with Gasteiger partial charge in [-0.25, -0.2) is 0 Å². The predicted octanol–water partition coefficient (Wildman–Crippen LogP) is 3.61. The molecule has 3 heteroatoms. The molecular formula is C13H15ClO2. The minimum atomic E-state index is -0.220. The number of carbonyl (C=O) groups is 1. The first-order valence-electron chi connectivity index (χ1n) is 5.21. The average Bonchev–Trinajstić information content (AvgIpc) is 2.23. The Kier molecular flexibility index (Phi) is 5.06. The molecule has 0 bridgehead atoms. The molecule has 0 aliphatic carbocycles. The Bertz CT molecular complexity index is 397. The average molecular weight is 239 g/mol. The molecule has 1 aromatic rings. The van der Waals surface area contributed by atoms with Gasteiger partial charge in [0.25, 0.3) is 0 Å². The van der Waals surface area contributed by atoms with Crippen LogP contribution in [0.2, 0.25) is 5.02 Å². The predicted molar refractivity (Wildman–Crippen MR) is 66.5 cm³/mol. The van der Waals surface area contributed by atoms with Crippen LogP contribution in [0.15, 0.2) is 24.3 Å². The van der Waals surface area contributed by atoms with Crippen LogP contribution in [0.3, 0.4) is 0 Å². The molecule has 2 nitrogen and oxygen atoms in total. The fraction of sp³-hybridized carbons (Fsp3) is 0.308. The lowest BCUT2D eigenvalue weighted by Crippen LogP contribution is -2.01. The van der Waals surface area contributed by atoms with E-state index in [1.165, 1.54) is 0 Å². The van der Waals surface area contributed by atoms with Gasteiger partial charge in [0.15, 0.2) is 0 Å². The highest BCUT2D eigenvalue weighted by molar-refractivity contribution is 6.32. The van der Waals surface area contributed by atoms with Crippen molar-refractivity contribution < 1.29 is 9.53 Å². The molecule has 86 valence electrons. The largest absolute Gasteiger partial charge is 0.466 e. The maximum absolute atomic E-state index is 11.1. The zero-order valence-electron chi connectivity index (χ0n) is 9.50. The Labute approximate surface area is 101 Å². The SMILES string of the molecule is CCOC(=O)CC=Cc1cc(C)ccc1Cl. The third-order valence-electron chi connectivity index (χ3n) is 2.04. The van der Waals surface area contributed by atoms with Crippen molar-refractivity contribution in [2.24, 2.45) is 0 Å². The van der Waals surface area contributed by atoms with E-state index in [-0.39, 0.29) is 12.4 Å². The van der Waals surface area contributed by atoms with Crippen molar-refractivity contribution in [3.63, 3.8) is 0 Å². The Morgan fingerprint density at radius 3 is 2.94 bits per heavy atom. The van der Waals surface area contributed by atoms with Crippen LogP contribution >= 0.6 is 11.6 Å². The first-order valence-corrected chi connectivity index (χ1v) is 5.59. The molecule has 0 radical (unpaired) electrons. The lowest BCUT2D eigenvalue weighted by molar-refractivity contribution is -0.142. The Morgan fingerprint density at radius 2 is 2.25 bits per heavy atom. The van der Waals surface area contributed by atoms with Crippen LogP contribution in [0, 0.1) is 6.92 Å². The summed E-state index contributed by atoms with van der Waals surface area (Å²) < 4.78 is 4.81. The summed E-state index contributed by atoms with van der Waals surface area (Å²) in [4.78, 5) is 11.1. The normalized spacial score (nSPS) is 10.7. The van der Waals surface area contributed by atoms with Gasteiger partial charge in [-0.3, -0.25) is 4.79 Å². The minimum Gasteiger partial charge on any atom is -0.466 e. The van der Waals surface area contributed by atoms with Crippen molar-refractivity contribution in [2.75, 3.05) is 6.61 Å². The van der Waals surface area contributed by atoms with E-state index in [2.05, 4.69) is 0 Å². The zero-order chi connectivity index (χ0) is 12.0. The van der Waals surface area contributed by atoms with Gasteiger partial charge >= 0.3 is 5.97 Å². The molecule has 16 heavy (non-hydrogen) atoms. The van der Waals surface area contributed by atoms with E-state index >= 15 is 0 Å². The number of rotatable bonds is 4. The summed E-state index contributed by atoms with van der Waals surface area (Å²) in [5, 5.41) is 0.686. The molecule has 0 unspecified atom stereocenters. The van der Waals surface area contributed by atoms with Crippen molar-refractivity contribution in [3.05, 3.63) is 40.4 Å². The number of aryl methyl sites for hydroxylation is 1. The van der Waals surface area contributed by atoms with Crippen LogP contribution in [0.25, 0.3) is 6.08 Å². The van der Waals surface area contributed by atoms with Gasteiger partial charge in [-0.05, 0) is 25.5 Å². The molecule has 0 N–H and O–H groups in total. The quantitative estimate of drug-likeness (QED) is 0.749. The molecule has 0 spiro atoms. The van der Waals surface area contributed by atoms with E-state index in [4.69, 9.17) is 16.3 Å². The summed E-state index contributed by atoms with van der Waals surface area (Å²) in [6.45, 7) is 4.20. The molecule has 0 saturated heterocycles. The van der Waals surface area contributed by atoms with Crippen molar-refractivity contribution in [3.8, 4) is 0 Å². The second-order valence-corrected chi connectivity index (χ2v) is 3.84. The smallest absolute Gasteiger partial charge is 0.309 e. The second kappa shape index (κ2) is 6.33. The van der Waals surface area contributed by atoms with E-state index in [9.17, 15) is 4.79 Å². The molecule has 0 amide bonds. The molecule has 0 aliphatic heterocycles. The van der Waals surface area contributed by atoms with Crippen molar-refractivity contribution in [1.82, 2.24) is 0 Å². The molecule has 0 saturated carbocycles. The molecule has 1 rings (SSSR count). The van der Waals surface area contributed by atoms with Crippen LogP contribution < -0.4 is 0 Å². The van der Waals surface area contributed by atoms with Crippen LogP contribution in [0.4, 0.5) is 0 Å². The molecule has 0 aliphatic rings. The van der Waals surface area contributed by atoms with Crippen LogP contribution in [0.5, 0.6) is 0 Å². The van der Waals surface area contributed by atoms with Crippen LogP contribution in [0.1, 0.15) is 24.5 Å². The summed E-state index contributed by atoms with van der Waals surface area (Å²) >= 11 is 6.01. The number of hydrogen-bond donors (Lipinski definition) is 0. The highest BCUT2D eigenvalue weighted by atomic mass is 35.5. The van der Waals surface area contributed by atoms with Crippen LogP contribution in [-0.2, 0) is 9.53 Å². The number of esters is 1. The Balaban J connectivity index is 2.62. The first kappa shape index (κ1) is 12.8. The molecule has 1 aromatic carbocycles. The lowest BCUT2D eigenvalue weighted by Gasteiger charge is -2.00. The summed E-state index contributed by atoms with van der Waals surface area (Å²) in [6, 6.07) is 5.77. The van der Waals surface area contributed by atoms with Gasteiger partial charge in [0.05, 0.1) is 13.0 Å². The van der Waals surface area contributed by atoms with E-state index in [1.807, 2.05) is 31.2 Å². The number of halogens is 1. The molecule has 0 fully saturated rings. The molecule has 0 heterocycles. The first-order chi connectivity index (χ1) is 7.63. The maximum Gasteiger partial charge on any atom is 0.309 e. The standard InChI is InChI=1S/C13H15ClO2/c1-3-16-13(15)6-4-5-11-9-10(2)7-8-12(11)14/h4-5,7-9H,3,6H2,1-2H3. The van der Waals surface area contributed by atoms with Gasteiger partial charge in [-0.15, -0.1) is 0 Å². The molecule has 0 atom stereocenters. The van der Waals surface area contributed by atoms with E-state index in [0.717, 1.165) is 11.1 Å². The topological polar surface area (TPSA) is 26.3 Å². The number of hydrogen-bond acceptors (Lipinski definition) is 2. The van der Waals surface area contributed by atoms with E-state index < -0.39 is 0 Å². The second-order valence-electron chi connectivity index (χ2n) is 3.44. The highest BCUT2D eigenvalue weighted by Gasteiger charge is 1.99. The molecular weight excluding hydrogens is 224 g/mol. The maximum atomic E-state index is 11.1. The third kappa shape index (κ3) is 4.07. The number of benzene rings is 1. The van der Waals surface area contributed by atoms with Gasteiger partial charge in [0.2, 0.25) is 0 Å². The van der Waals surface area contributed by atoms with Crippen molar-refractivity contribution in [1.29, 1.82) is 0 Å². The Morgan fingerprint density at radius 1 is 1.50 bits per heavy atom. The zero-order valence-corrected chi connectivity index (χ0v) is 10.3. The Hall–Kier alpha value is -1.28. The van der Waals surface area contributed by atoms with Gasteiger partial charge in [-0.1, -0.05) is 41.4 Å². The van der Waals surface area contributed by atoms with E-state index in [1.54, 1.807) is 13.0 Å². The summed E-state index contributed by atoms with van der Waals surface area (Å²) in [5.41, 5.74) is 2.06. The number of ether oxygens (including phenoxy) is 1. The fourth-order valence-electron chi connectivity index (χ4n) is 1.29. The minimum absolute atomic E-state index is 0.220. The van der Waals surface area contributed by atoms with Gasteiger partial charge in [0.1, 0.15) is 0 Å². The summed E-state index contributed by atoms with van der Waals surface area (Å²) in [7, 11) is 0. The lowest BCUT2D eigenvalue weighted by atomic mass is 10.1. The fourth-order valence-corrected chi connectivity index (χ4v) is 1.47. The van der Waals surface area contributed by atoms with Crippen LogP contribution in [-0.4, -0.2) is 12.6 Å². The van der Waals surface area contributed by atoms with Gasteiger partial charge in [0, 0.05) is 5.02 Å².